The Balaban J connectivity index is 1.25. The van der Waals surface area contributed by atoms with Crippen molar-refractivity contribution in [3.63, 3.8) is 0 Å². The molecule has 2 saturated carbocycles. The van der Waals surface area contributed by atoms with Gasteiger partial charge in [-0.15, -0.1) is 0 Å². The SMILES string of the molecule is NC(=O)c1nc([C@H]2CCCCc3cc(-c4ccnc(NC(=O)[C@@H]5CC56CCC6)c4)ccc32)no1. The number of nitrogens with zero attached hydrogens (tertiary/aromatic N) is 3. The lowest BCUT2D eigenvalue weighted by atomic mass is 9.80. The number of nitrogens with one attached hydrogen (secondary N) is 1. The summed E-state index contributed by atoms with van der Waals surface area (Å²) in [7, 11) is 0. The van der Waals surface area contributed by atoms with Crippen LogP contribution >= 0.6 is 0 Å². The van der Waals surface area contributed by atoms with E-state index in [1.165, 1.54) is 24.8 Å². The van der Waals surface area contributed by atoms with Crippen LogP contribution in [0.4, 0.5) is 5.82 Å². The summed E-state index contributed by atoms with van der Waals surface area (Å²) in [6.07, 6.45) is 10.3. The molecule has 3 aliphatic rings. The molecule has 0 aliphatic heterocycles. The van der Waals surface area contributed by atoms with Crippen LogP contribution in [-0.4, -0.2) is 26.9 Å². The highest BCUT2D eigenvalue weighted by atomic mass is 16.5. The van der Waals surface area contributed by atoms with Crippen LogP contribution in [0.15, 0.2) is 41.1 Å². The number of rotatable bonds is 5. The molecule has 174 valence electrons. The molecule has 2 heterocycles. The standard InChI is InChI=1S/C26H27N5O3/c27-22(32)25-30-23(31-34-25)19-5-2-1-4-17-12-15(6-7-18(17)19)16-8-11-28-21(13-16)29-24(33)20-14-26(20)9-3-10-26/h6-8,11-13,19-20H,1-5,9-10,14H2,(H2,27,32)(H,28,29,33)/t19-,20-/m0/s1. The van der Waals surface area contributed by atoms with Crippen LogP contribution < -0.4 is 11.1 Å². The zero-order valence-corrected chi connectivity index (χ0v) is 18.9. The van der Waals surface area contributed by atoms with Crippen molar-refractivity contribution >= 4 is 17.6 Å². The third kappa shape index (κ3) is 3.67. The maximum absolute atomic E-state index is 12.7. The van der Waals surface area contributed by atoms with Gasteiger partial charge in [0.2, 0.25) is 5.91 Å². The number of hydrogen-bond donors (Lipinski definition) is 2. The van der Waals surface area contributed by atoms with Crippen molar-refractivity contribution in [1.82, 2.24) is 15.1 Å². The Morgan fingerprint density at radius 3 is 2.68 bits per heavy atom. The van der Waals surface area contributed by atoms with Crippen molar-refractivity contribution in [2.75, 3.05) is 5.32 Å². The number of carbonyl (C=O) groups is 2. The van der Waals surface area contributed by atoms with Gasteiger partial charge in [0.25, 0.3) is 0 Å². The lowest BCUT2D eigenvalue weighted by molar-refractivity contribution is -0.118. The van der Waals surface area contributed by atoms with Gasteiger partial charge in [-0.1, -0.05) is 36.2 Å². The second kappa shape index (κ2) is 8.04. The molecule has 2 amide bonds. The highest BCUT2D eigenvalue weighted by Gasteiger charge is 2.60. The van der Waals surface area contributed by atoms with Gasteiger partial charge in [0.05, 0.1) is 0 Å². The fourth-order valence-corrected chi connectivity index (χ4v) is 5.70. The van der Waals surface area contributed by atoms with Crippen molar-refractivity contribution in [3.8, 4) is 11.1 Å². The summed E-state index contributed by atoms with van der Waals surface area (Å²) in [6, 6.07) is 10.3. The second-order valence-corrected chi connectivity index (χ2v) is 9.93. The molecule has 2 aromatic heterocycles. The van der Waals surface area contributed by atoms with E-state index in [1.54, 1.807) is 6.20 Å². The van der Waals surface area contributed by atoms with Crippen LogP contribution in [0.2, 0.25) is 0 Å². The zero-order valence-electron chi connectivity index (χ0n) is 18.9. The maximum Gasteiger partial charge on any atom is 0.315 e. The molecule has 3 aromatic rings. The summed E-state index contributed by atoms with van der Waals surface area (Å²) in [4.78, 5) is 32.7. The first-order chi connectivity index (χ1) is 16.5. The Bertz CT molecular complexity index is 1280. The predicted octanol–water partition coefficient (Wildman–Crippen LogP) is 4.22. The van der Waals surface area contributed by atoms with Crippen molar-refractivity contribution < 1.29 is 14.1 Å². The number of amides is 2. The number of aromatic nitrogens is 3. The van der Waals surface area contributed by atoms with Crippen LogP contribution in [0.1, 0.15) is 78.5 Å². The molecule has 0 unspecified atom stereocenters. The molecule has 6 rings (SSSR count). The number of hydrogen-bond acceptors (Lipinski definition) is 6. The van der Waals surface area contributed by atoms with Gasteiger partial charge in [0.15, 0.2) is 5.82 Å². The van der Waals surface area contributed by atoms with Gasteiger partial charge < -0.3 is 15.6 Å². The van der Waals surface area contributed by atoms with Gasteiger partial charge in [-0.3, -0.25) is 9.59 Å². The van der Waals surface area contributed by atoms with Crippen molar-refractivity contribution in [2.45, 2.75) is 57.3 Å². The Morgan fingerprint density at radius 2 is 1.94 bits per heavy atom. The molecule has 0 bridgehead atoms. The van der Waals surface area contributed by atoms with Crippen LogP contribution in [0.5, 0.6) is 0 Å². The molecule has 1 aromatic carbocycles. The van der Waals surface area contributed by atoms with E-state index in [1.807, 2.05) is 12.1 Å². The van der Waals surface area contributed by atoms with Crippen LogP contribution in [0, 0.1) is 11.3 Å². The fraction of sp³-hybridized carbons (Fsp3) is 0.423. The van der Waals surface area contributed by atoms with Gasteiger partial charge >= 0.3 is 11.8 Å². The number of carbonyl (C=O) groups excluding carboxylic acids is 2. The number of nitrogens with two attached hydrogens (primary N) is 1. The summed E-state index contributed by atoms with van der Waals surface area (Å²) in [5.41, 5.74) is 10.1. The van der Waals surface area contributed by atoms with E-state index in [-0.39, 0.29) is 23.6 Å². The third-order valence-electron chi connectivity index (χ3n) is 7.87. The summed E-state index contributed by atoms with van der Waals surface area (Å²) in [5, 5.41) is 7.06. The molecule has 2 atom stereocenters. The normalized spacial score (nSPS) is 22.4. The van der Waals surface area contributed by atoms with E-state index >= 15 is 0 Å². The number of primary amides is 1. The summed E-state index contributed by atoms with van der Waals surface area (Å²) >= 11 is 0. The molecule has 3 N–H and O–H groups in total. The molecule has 8 heteroatoms. The average molecular weight is 458 g/mol. The highest BCUT2D eigenvalue weighted by Crippen LogP contribution is 2.65. The van der Waals surface area contributed by atoms with Crippen LogP contribution in [0.25, 0.3) is 11.1 Å². The minimum Gasteiger partial charge on any atom is -0.361 e. The molecule has 34 heavy (non-hydrogen) atoms. The van der Waals surface area contributed by atoms with E-state index in [0.717, 1.165) is 48.8 Å². The van der Waals surface area contributed by atoms with Gasteiger partial charge in [-0.05, 0) is 78.3 Å². The second-order valence-electron chi connectivity index (χ2n) is 9.93. The fourth-order valence-electron chi connectivity index (χ4n) is 5.70. The minimum atomic E-state index is -0.715. The van der Waals surface area contributed by atoms with E-state index in [0.29, 0.717) is 17.1 Å². The van der Waals surface area contributed by atoms with Gasteiger partial charge in [-0.2, -0.15) is 4.98 Å². The quantitative estimate of drug-likeness (QED) is 0.553. The van der Waals surface area contributed by atoms with Crippen molar-refractivity contribution in [2.24, 2.45) is 17.1 Å². The summed E-state index contributed by atoms with van der Waals surface area (Å²) in [6.45, 7) is 0. The topological polar surface area (TPSA) is 124 Å². The zero-order chi connectivity index (χ0) is 23.3. The summed E-state index contributed by atoms with van der Waals surface area (Å²) in [5.74, 6) is 0.450. The van der Waals surface area contributed by atoms with Gasteiger partial charge in [0.1, 0.15) is 5.82 Å². The first kappa shape index (κ1) is 21.0. The number of anilines is 1. The maximum atomic E-state index is 12.7. The van der Waals surface area contributed by atoms with E-state index in [2.05, 4.69) is 38.6 Å². The van der Waals surface area contributed by atoms with Crippen molar-refractivity contribution in [1.29, 1.82) is 0 Å². The lowest BCUT2D eigenvalue weighted by Crippen LogP contribution is -2.23. The number of benzene rings is 1. The first-order valence-electron chi connectivity index (χ1n) is 12.1. The van der Waals surface area contributed by atoms with Crippen LogP contribution in [-0.2, 0) is 11.2 Å². The Kier molecular flexibility index (Phi) is 4.97. The van der Waals surface area contributed by atoms with E-state index in [9.17, 15) is 9.59 Å². The van der Waals surface area contributed by atoms with Gasteiger partial charge in [-0.25, -0.2) is 4.98 Å². The third-order valence-corrected chi connectivity index (χ3v) is 7.87. The minimum absolute atomic E-state index is 0.0342. The predicted molar refractivity (Wildman–Crippen MR) is 125 cm³/mol. The van der Waals surface area contributed by atoms with Crippen LogP contribution in [0.3, 0.4) is 0 Å². The van der Waals surface area contributed by atoms with E-state index in [4.69, 9.17) is 10.3 Å². The monoisotopic (exact) mass is 457 g/mol. The molecule has 0 radical (unpaired) electrons. The Morgan fingerprint density at radius 1 is 1.09 bits per heavy atom. The first-order valence-corrected chi connectivity index (χ1v) is 12.1. The van der Waals surface area contributed by atoms with E-state index < -0.39 is 5.91 Å². The largest absolute Gasteiger partial charge is 0.361 e. The molecule has 1 spiro atoms. The molecular formula is C26H27N5O3. The smallest absolute Gasteiger partial charge is 0.315 e. The average Bonchev–Trinajstić information content (AvgIpc) is 3.48. The van der Waals surface area contributed by atoms with Gasteiger partial charge in [0, 0.05) is 18.0 Å². The molecule has 2 fully saturated rings. The molecule has 8 nitrogen and oxygen atoms in total. The number of fused-ring (bicyclic) bond motifs is 1. The number of pyridine rings is 1. The molecular weight excluding hydrogens is 430 g/mol. The van der Waals surface area contributed by atoms with Crippen molar-refractivity contribution in [3.05, 3.63) is 59.4 Å². The Hall–Kier alpha value is -3.55. The summed E-state index contributed by atoms with van der Waals surface area (Å²) < 4.78 is 5.04. The highest BCUT2D eigenvalue weighted by molar-refractivity contribution is 5.95. The molecule has 3 aliphatic carbocycles. The lowest BCUT2D eigenvalue weighted by Gasteiger charge is -2.26. The number of aryl methyl sites for hydroxylation is 1. The molecule has 0 saturated heterocycles. The Labute approximate surface area is 197 Å².